The Morgan fingerprint density at radius 1 is 0.333 bits per heavy atom. The third-order valence-electron chi connectivity index (χ3n) is 11.2. The monoisotopic (exact) mass is 728 g/mol. The first-order valence-electron chi connectivity index (χ1n) is 19.4. The Morgan fingerprint density at radius 3 is 1.75 bits per heavy atom. The molecule has 0 saturated heterocycles. The lowest BCUT2D eigenvalue weighted by molar-refractivity contribution is 0.669. The number of fused-ring (bicyclic) bond motifs is 6. The maximum atomic E-state index is 6.43. The van der Waals surface area contributed by atoms with Gasteiger partial charge in [0.1, 0.15) is 11.2 Å². The lowest BCUT2D eigenvalue weighted by atomic mass is 9.96. The highest BCUT2D eigenvalue weighted by Crippen LogP contribution is 2.41. The van der Waals surface area contributed by atoms with Gasteiger partial charge in [0, 0.05) is 50.2 Å². The summed E-state index contributed by atoms with van der Waals surface area (Å²) in [4.78, 5) is 0. The average Bonchev–Trinajstić information content (AvgIpc) is 3.81. The largest absolute Gasteiger partial charge is 0.456 e. The van der Waals surface area contributed by atoms with E-state index in [0.717, 1.165) is 61.2 Å². The average molecular weight is 729 g/mol. The molecule has 0 aliphatic heterocycles. The SMILES string of the molecule is c1ccc(-c2ccc(-n3c4ccc(-c5cccc(-c6ccccc6Nc6cccc(-c7ccccc7)c6)c5)cc4c4cc5c(cc43)oc3ccccc35)cc2)cc1. The fourth-order valence-electron chi connectivity index (χ4n) is 8.40. The van der Waals surface area contributed by atoms with Crippen molar-refractivity contribution in [3.8, 4) is 50.2 Å². The second kappa shape index (κ2) is 13.6. The topological polar surface area (TPSA) is 30.1 Å². The summed E-state index contributed by atoms with van der Waals surface area (Å²) in [6, 6.07) is 75.8. The fourth-order valence-corrected chi connectivity index (χ4v) is 8.40. The summed E-state index contributed by atoms with van der Waals surface area (Å²) < 4.78 is 8.80. The van der Waals surface area contributed by atoms with E-state index >= 15 is 0 Å². The Morgan fingerprint density at radius 2 is 0.930 bits per heavy atom. The number of hydrogen-bond acceptors (Lipinski definition) is 2. The lowest BCUT2D eigenvalue weighted by Crippen LogP contribution is -1.94. The summed E-state index contributed by atoms with van der Waals surface area (Å²) >= 11 is 0. The Bertz CT molecular complexity index is 3250. The van der Waals surface area contributed by atoms with E-state index in [4.69, 9.17) is 4.42 Å². The molecule has 3 nitrogen and oxygen atoms in total. The van der Waals surface area contributed by atoms with Gasteiger partial charge in [-0.15, -0.1) is 0 Å². The Kier molecular flexibility index (Phi) is 7.82. The van der Waals surface area contributed by atoms with Gasteiger partial charge < -0.3 is 14.3 Å². The van der Waals surface area contributed by atoms with Crippen LogP contribution in [0.15, 0.2) is 217 Å². The molecule has 0 radical (unpaired) electrons. The summed E-state index contributed by atoms with van der Waals surface area (Å²) in [5.41, 5.74) is 16.7. The predicted octanol–water partition coefficient (Wildman–Crippen LogP) is 15.1. The number of furan rings is 1. The van der Waals surface area contributed by atoms with Crippen molar-refractivity contribution >= 4 is 55.1 Å². The van der Waals surface area contributed by atoms with Crippen LogP contribution in [-0.2, 0) is 0 Å². The highest BCUT2D eigenvalue weighted by Gasteiger charge is 2.18. The van der Waals surface area contributed by atoms with Gasteiger partial charge in [-0.1, -0.05) is 146 Å². The van der Waals surface area contributed by atoms with Crippen LogP contribution in [0.25, 0.3) is 93.9 Å². The number of nitrogens with zero attached hydrogens (tertiary/aromatic N) is 1. The smallest absolute Gasteiger partial charge is 0.137 e. The molecule has 2 heterocycles. The molecule has 11 rings (SSSR count). The molecule has 0 atom stereocenters. The van der Waals surface area contributed by atoms with E-state index in [2.05, 4.69) is 216 Å². The first-order valence-corrected chi connectivity index (χ1v) is 19.4. The van der Waals surface area contributed by atoms with Crippen LogP contribution in [0, 0.1) is 0 Å². The second-order valence-corrected chi connectivity index (χ2v) is 14.6. The number of nitrogens with one attached hydrogen (secondary N) is 1. The molecule has 11 aromatic rings. The zero-order valence-electron chi connectivity index (χ0n) is 31.1. The minimum Gasteiger partial charge on any atom is -0.456 e. The first-order chi connectivity index (χ1) is 28.2. The minimum atomic E-state index is 0.889. The maximum Gasteiger partial charge on any atom is 0.137 e. The molecule has 0 aliphatic carbocycles. The molecular weight excluding hydrogens is 693 g/mol. The van der Waals surface area contributed by atoms with Crippen LogP contribution >= 0.6 is 0 Å². The normalized spacial score (nSPS) is 11.5. The van der Waals surface area contributed by atoms with E-state index in [1.54, 1.807) is 0 Å². The van der Waals surface area contributed by atoms with Crippen LogP contribution in [0.1, 0.15) is 0 Å². The van der Waals surface area contributed by atoms with E-state index < -0.39 is 0 Å². The van der Waals surface area contributed by atoms with Gasteiger partial charge in [0.15, 0.2) is 0 Å². The first kappa shape index (κ1) is 32.8. The Labute approximate surface area is 330 Å². The number of benzene rings is 9. The summed E-state index contributed by atoms with van der Waals surface area (Å²) in [6.07, 6.45) is 0. The summed E-state index contributed by atoms with van der Waals surface area (Å²) in [5.74, 6) is 0. The van der Waals surface area contributed by atoms with Crippen molar-refractivity contribution in [3.05, 3.63) is 212 Å². The van der Waals surface area contributed by atoms with Crippen LogP contribution in [0.3, 0.4) is 0 Å². The number of aromatic nitrogens is 1. The van der Waals surface area contributed by atoms with Crippen molar-refractivity contribution in [1.82, 2.24) is 4.57 Å². The Balaban J connectivity index is 1.02. The van der Waals surface area contributed by atoms with Crippen molar-refractivity contribution in [3.63, 3.8) is 0 Å². The molecule has 0 bridgehead atoms. The lowest BCUT2D eigenvalue weighted by Gasteiger charge is -2.14. The third-order valence-corrected chi connectivity index (χ3v) is 11.2. The van der Waals surface area contributed by atoms with Gasteiger partial charge >= 0.3 is 0 Å². The zero-order chi connectivity index (χ0) is 37.7. The predicted molar refractivity (Wildman–Crippen MR) is 240 cm³/mol. The molecule has 57 heavy (non-hydrogen) atoms. The number of anilines is 2. The fraction of sp³-hybridized carbons (Fsp3) is 0. The van der Waals surface area contributed by atoms with E-state index in [1.807, 2.05) is 6.07 Å². The molecule has 9 aromatic carbocycles. The highest BCUT2D eigenvalue weighted by molar-refractivity contribution is 6.18. The van der Waals surface area contributed by atoms with Gasteiger partial charge in [-0.25, -0.2) is 0 Å². The van der Waals surface area contributed by atoms with Crippen LogP contribution in [0.2, 0.25) is 0 Å². The molecular formula is C54H36N2O. The van der Waals surface area contributed by atoms with Gasteiger partial charge in [0.25, 0.3) is 0 Å². The molecule has 1 N–H and O–H groups in total. The molecule has 0 aliphatic rings. The molecule has 0 amide bonds. The maximum absolute atomic E-state index is 6.43. The van der Waals surface area contributed by atoms with Crippen molar-refractivity contribution in [2.45, 2.75) is 0 Å². The van der Waals surface area contributed by atoms with Crippen LogP contribution < -0.4 is 5.32 Å². The van der Waals surface area contributed by atoms with Crippen molar-refractivity contribution in [2.24, 2.45) is 0 Å². The number of rotatable bonds is 7. The van der Waals surface area contributed by atoms with Gasteiger partial charge in [0.05, 0.1) is 11.0 Å². The van der Waals surface area contributed by atoms with Crippen molar-refractivity contribution < 1.29 is 4.42 Å². The molecule has 268 valence electrons. The van der Waals surface area contributed by atoms with Crippen LogP contribution in [0.4, 0.5) is 11.4 Å². The molecule has 3 heteroatoms. The van der Waals surface area contributed by atoms with Gasteiger partial charge in [-0.05, 0) is 99.6 Å². The molecule has 2 aromatic heterocycles. The van der Waals surface area contributed by atoms with E-state index in [9.17, 15) is 0 Å². The van der Waals surface area contributed by atoms with Gasteiger partial charge in [0.2, 0.25) is 0 Å². The summed E-state index contributed by atoms with van der Waals surface area (Å²) in [5, 5.41) is 8.38. The van der Waals surface area contributed by atoms with E-state index in [1.165, 1.54) is 44.2 Å². The zero-order valence-corrected chi connectivity index (χ0v) is 31.1. The second-order valence-electron chi connectivity index (χ2n) is 14.6. The molecule has 0 spiro atoms. The third kappa shape index (κ3) is 5.85. The molecule has 0 fully saturated rings. The molecule has 0 saturated carbocycles. The van der Waals surface area contributed by atoms with Crippen LogP contribution in [0.5, 0.6) is 0 Å². The minimum absolute atomic E-state index is 0.889. The highest BCUT2D eigenvalue weighted by atomic mass is 16.3. The summed E-state index contributed by atoms with van der Waals surface area (Å²) in [6.45, 7) is 0. The van der Waals surface area contributed by atoms with Crippen molar-refractivity contribution in [2.75, 3.05) is 5.32 Å². The molecule has 0 unspecified atom stereocenters. The number of para-hydroxylation sites is 2. The van der Waals surface area contributed by atoms with E-state index in [0.29, 0.717) is 0 Å². The van der Waals surface area contributed by atoms with E-state index in [-0.39, 0.29) is 0 Å². The standard InChI is InChI=1S/C54H36N2O/c1-3-13-36(14-4-1)38-25-28-44(29-26-38)56-51-30-27-41(33-47(51)48-34-49-46-22-8-10-24-53(46)57-54(49)35-52(48)56)39-17-11-19-42(31-39)45-21-7-9-23-50(45)55-43-20-12-18-40(32-43)37-15-5-2-6-16-37/h1-35,55H. The van der Waals surface area contributed by atoms with Crippen LogP contribution in [-0.4, -0.2) is 4.57 Å². The number of hydrogen-bond donors (Lipinski definition) is 1. The summed E-state index contributed by atoms with van der Waals surface area (Å²) in [7, 11) is 0. The van der Waals surface area contributed by atoms with Crippen molar-refractivity contribution in [1.29, 1.82) is 0 Å². The Hall–Kier alpha value is -7.62. The quantitative estimate of drug-likeness (QED) is 0.177. The van der Waals surface area contributed by atoms with Gasteiger partial charge in [-0.3, -0.25) is 0 Å². The van der Waals surface area contributed by atoms with Gasteiger partial charge in [-0.2, -0.15) is 0 Å².